The molecule has 0 saturated carbocycles. The Kier molecular flexibility index (Phi) is 5.21. The molecule has 2 nitrogen and oxygen atoms in total. The molecule has 3 heteroatoms. The van der Waals surface area contributed by atoms with Gasteiger partial charge in [0.1, 0.15) is 11.5 Å². The second-order valence-electron chi connectivity index (χ2n) is 5.03. The number of benzene rings is 2. The van der Waals surface area contributed by atoms with E-state index in [1.807, 2.05) is 37.3 Å². The molecule has 106 valence electrons. The van der Waals surface area contributed by atoms with Crippen LogP contribution in [0.4, 0.5) is 0 Å². The maximum Gasteiger partial charge on any atom is 0.127 e. The molecule has 2 aromatic carbocycles. The molecule has 20 heavy (non-hydrogen) atoms. The van der Waals surface area contributed by atoms with E-state index in [1.165, 1.54) is 5.56 Å². The molecule has 2 N–H and O–H groups in total. The summed E-state index contributed by atoms with van der Waals surface area (Å²) in [4.78, 5) is 0. The van der Waals surface area contributed by atoms with Crippen LogP contribution in [0, 0.1) is 6.92 Å². The van der Waals surface area contributed by atoms with Gasteiger partial charge in [0.15, 0.2) is 0 Å². The number of halogens is 1. The Morgan fingerprint density at radius 3 is 2.60 bits per heavy atom. The van der Waals surface area contributed by atoms with Crippen molar-refractivity contribution in [2.24, 2.45) is 5.73 Å². The van der Waals surface area contributed by atoms with Gasteiger partial charge in [-0.25, -0.2) is 0 Å². The minimum Gasteiger partial charge on any atom is -0.457 e. The van der Waals surface area contributed by atoms with Gasteiger partial charge in [0.2, 0.25) is 0 Å². The van der Waals surface area contributed by atoms with Crippen LogP contribution in [0.5, 0.6) is 11.5 Å². The minimum atomic E-state index is 0.208. The molecule has 1 atom stereocenters. The average molecular weight is 334 g/mol. The van der Waals surface area contributed by atoms with Gasteiger partial charge < -0.3 is 10.5 Å². The first kappa shape index (κ1) is 15.1. The van der Waals surface area contributed by atoms with Crippen LogP contribution in [0.15, 0.2) is 46.9 Å². The van der Waals surface area contributed by atoms with Crippen molar-refractivity contribution in [3.05, 3.63) is 58.1 Å². The predicted molar refractivity (Wildman–Crippen MR) is 87.4 cm³/mol. The van der Waals surface area contributed by atoms with Crippen LogP contribution < -0.4 is 10.5 Å². The minimum absolute atomic E-state index is 0.208. The molecule has 2 aromatic rings. The number of hydrogen-bond acceptors (Lipinski definition) is 2. The number of ether oxygens (including phenoxy) is 1. The number of aryl methyl sites for hydroxylation is 1. The quantitative estimate of drug-likeness (QED) is 0.850. The van der Waals surface area contributed by atoms with Crippen molar-refractivity contribution in [2.45, 2.75) is 32.7 Å². The maximum atomic E-state index is 6.00. The lowest BCUT2D eigenvalue weighted by Gasteiger charge is -2.11. The molecule has 0 heterocycles. The molecule has 2 rings (SSSR count). The summed E-state index contributed by atoms with van der Waals surface area (Å²) in [6.45, 7) is 4.16. The third-order valence-electron chi connectivity index (χ3n) is 3.29. The van der Waals surface area contributed by atoms with Crippen LogP contribution in [0.1, 0.15) is 24.5 Å². The van der Waals surface area contributed by atoms with Crippen LogP contribution in [0.2, 0.25) is 0 Å². The molecular weight excluding hydrogens is 314 g/mol. The Balaban J connectivity index is 2.12. The van der Waals surface area contributed by atoms with E-state index in [0.29, 0.717) is 0 Å². The van der Waals surface area contributed by atoms with Gasteiger partial charge in [0.05, 0.1) is 0 Å². The first-order valence-electron chi connectivity index (χ1n) is 6.87. The normalized spacial score (nSPS) is 12.2. The monoisotopic (exact) mass is 333 g/mol. The van der Waals surface area contributed by atoms with E-state index in [1.54, 1.807) is 0 Å². The molecule has 0 bridgehead atoms. The lowest BCUT2D eigenvalue weighted by atomic mass is 10.0. The van der Waals surface area contributed by atoms with Gasteiger partial charge in [-0.05, 0) is 61.2 Å². The standard InChI is InChI=1S/C17H20BrNO/c1-3-14(19)10-13-5-4-6-15(11-13)20-16-7-8-17(18)12(2)9-16/h4-9,11,14H,3,10,19H2,1-2H3. The third kappa shape index (κ3) is 4.09. The van der Waals surface area contributed by atoms with E-state index in [9.17, 15) is 0 Å². The summed E-state index contributed by atoms with van der Waals surface area (Å²) >= 11 is 3.49. The zero-order valence-corrected chi connectivity index (χ0v) is 13.5. The van der Waals surface area contributed by atoms with Gasteiger partial charge in [-0.15, -0.1) is 0 Å². The van der Waals surface area contributed by atoms with Gasteiger partial charge in [0.25, 0.3) is 0 Å². The fourth-order valence-corrected chi connectivity index (χ4v) is 2.25. The highest BCUT2D eigenvalue weighted by Crippen LogP contribution is 2.26. The second-order valence-corrected chi connectivity index (χ2v) is 5.89. The lowest BCUT2D eigenvalue weighted by molar-refractivity contribution is 0.481. The fourth-order valence-electron chi connectivity index (χ4n) is 2.00. The van der Waals surface area contributed by atoms with E-state index in [4.69, 9.17) is 10.5 Å². The first-order chi connectivity index (χ1) is 9.58. The highest BCUT2D eigenvalue weighted by atomic mass is 79.9. The summed E-state index contributed by atoms with van der Waals surface area (Å²) in [6, 6.07) is 14.3. The average Bonchev–Trinajstić information content (AvgIpc) is 2.43. The molecule has 0 radical (unpaired) electrons. The Bertz CT molecular complexity index is 583. The molecule has 0 aliphatic carbocycles. The maximum absolute atomic E-state index is 6.00. The summed E-state index contributed by atoms with van der Waals surface area (Å²) in [5.74, 6) is 1.70. The molecule has 0 aliphatic heterocycles. The van der Waals surface area contributed by atoms with Gasteiger partial charge >= 0.3 is 0 Å². The largest absolute Gasteiger partial charge is 0.457 e. The Labute approximate surface area is 129 Å². The van der Waals surface area contributed by atoms with Crippen molar-refractivity contribution in [1.29, 1.82) is 0 Å². The van der Waals surface area contributed by atoms with Crippen molar-refractivity contribution >= 4 is 15.9 Å². The third-order valence-corrected chi connectivity index (χ3v) is 4.18. The topological polar surface area (TPSA) is 35.2 Å². The van der Waals surface area contributed by atoms with Gasteiger partial charge in [-0.2, -0.15) is 0 Å². The lowest BCUT2D eigenvalue weighted by Crippen LogP contribution is -2.21. The highest BCUT2D eigenvalue weighted by molar-refractivity contribution is 9.10. The van der Waals surface area contributed by atoms with Gasteiger partial charge in [-0.1, -0.05) is 35.0 Å². The smallest absolute Gasteiger partial charge is 0.127 e. The van der Waals surface area contributed by atoms with Crippen LogP contribution in [-0.4, -0.2) is 6.04 Å². The second kappa shape index (κ2) is 6.91. The van der Waals surface area contributed by atoms with Crippen LogP contribution in [-0.2, 0) is 6.42 Å². The van der Waals surface area contributed by atoms with Gasteiger partial charge in [0, 0.05) is 10.5 Å². The summed E-state index contributed by atoms with van der Waals surface area (Å²) in [5, 5.41) is 0. The number of hydrogen-bond donors (Lipinski definition) is 1. The van der Waals surface area contributed by atoms with E-state index in [2.05, 4.69) is 35.0 Å². The summed E-state index contributed by atoms with van der Waals surface area (Å²) < 4.78 is 7.00. The summed E-state index contributed by atoms with van der Waals surface area (Å²) in [7, 11) is 0. The Hall–Kier alpha value is -1.32. The Morgan fingerprint density at radius 2 is 1.90 bits per heavy atom. The molecule has 0 amide bonds. The Morgan fingerprint density at radius 1 is 1.15 bits per heavy atom. The SMILES string of the molecule is CCC(N)Cc1cccc(Oc2ccc(Br)c(C)c2)c1. The first-order valence-corrected chi connectivity index (χ1v) is 7.66. The van der Waals surface area contributed by atoms with Crippen molar-refractivity contribution in [2.75, 3.05) is 0 Å². The van der Waals surface area contributed by atoms with Crippen LogP contribution in [0.25, 0.3) is 0 Å². The molecule has 0 spiro atoms. The molecule has 0 fully saturated rings. The molecule has 1 unspecified atom stereocenters. The van der Waals surface area contributed by atoms with E-state index in [-0.39, 0.29) is 6.04 Å². The van der Waals surface area contributed by atoms with Crippen LogP contribution >= 0.6 is 15.9 Å². The summed E-state index contributed by atoms with van der Waals surface area (Å²) in [6.07, 6.45) is 1.87. The van der Waals surface area contributed by atoms with Crippen molar-refractivity contribution in [1.82, 2.24) is 0 Å². The number of rotatable bonds is 5. The summed E-state index contributed by atoms with van der Waals surface area (Å²) in [5.41, 5.74) is 8.37. The zero-order chi connectivity index (χ0) is 14.5. The van der Waals surface area contributed by atoms with Crippen molar-refractivity contribution < 1.29 is 4.74 Å². The van der Waals surface area contributed by atoms with E-state index in [0.717, 1.165) is 34.4 Å². The fraction of sp³-hybridized carbons (Fsp3) is 0.294. The van der Waals surface area contributed by atoms with Crippen molar-refractivity contribution in [3.8, 4) is 11.5 Å². The molecule has 0 saturated heterocycles. The molecule has 0 aromatic heterocycles. The van der Waals surface area contributed by atoms with Crippen molar-refractivity contribution in [3.63, 3.8) is 0 Å². The van der Waals surface area contributed by atoms with Gasteiger partial charge in [-0.3, -0.25) is 0 Å². The predicted octanol–water partition coefficient (Wildman–Crippen LogP) is 4.83. The number of nitrogens with two attached hydrogens (primary N) is 1. The van der Waals surface area contributed by atoms with Crippen LogP contribution in [0.3, 0.4) is 0 Å². The van der Waals surface area contributed by atoms with E-state index >= 15 is 0 Å². The molecule has 0 aliphatic rings. The van der Waals surface area contributed by atoms with E-state index < -0.39 is 0 Å². The highest BCUT2D eigenvalue weighted by Gasteiger charge is 2.04. The zero-order valence-electron chi connectivity index (χ0n) is 11.9. The molecular formula is C17H20BrNO.